The standard InChI is InChI=1S/C21H28N4O3/c1-3-24(16-10-5-4-6-11-16)21(27)19-23-18(17-12-7-8-14-25(17)19)20(26)22-13-9-15-28-2/h4-6,10-11H,3,7-9,12-15H2,1-2H3,(H,22,26). The van der Waals surface area contributed by atoms with Gasteiger partial charge in [-0.2, -0.15) is 0 Å². The molecule has 7 nitrogen and oxygen atoms in total. The van der Waals surface area contributed by atoms with Gasteiger partial charge in [-0.05, 0) is 44.7 Å². The van der Waals surface area contributed by atoms with E-state index in [1.54, 1.807) is 12.0 Å². The van der Waals surface area contributed by atoms with E-state index in [-0.39, 0.29) is 11.8 Å². The average molecular weight is 384 g/mol. The molecule has 28 heavy (non-hydrogen) atoms. The molecular weight excluding hydrogens is 356 g/mol. The van der Waals surface area contributed by atoms with Gasteiger partial charge in [-0.25, -0.2) is 4.98 Å². The van der Waals surface area contributed by atoms with E-state index in [0.29, 0.717) is 37.8 Å². The van der Waals surface area contributed by atoms with Crippen LogP contribution in [0.5, 0.6) is 0 Å². The van der Waals surface area contributed by atoms with E-state index in [1.807, 2.05) is 41.8 Å². The van der Waals surface area contributed by atoms with Crippen LogP contribution in [0.1, 0.15) is 53.0 Å². The number of methoxy groups -OCH3 is 1. The number of hydrogen-bond acceptors (Lipinski definition) is 4. The second-order valence-electron chi connectivity index (χ2n) is 6.83. The van der Waals surface area contributed by atoms with Gasteiger partial charge >= 0.3 is 0 Å². The minimum Gasteiger partial charge on any atom is -0.385 e. The summed E-state index contributed by atoms with van der Waals surface area (Å²) in [5.41, 5.74) is 2.07. The number of para-hydroxylation sites is 1. The highest BCUT2D eigenvalue weighted by Crippen LogP contribution is 2.24. The van der Waals surface area contributed by atoms with E-state index in [2.05, 4.69) is 10.3 Å². The number of anilines is 1. The molecule has 1 aromatic carbocycles. The van der Waals surface area contributed by atoms with E-state index >= 15 is 0 Å². The van der Waals surface area contributed by atoms with Crippen LogP contribution < -0.4 is 10.2 Å². The molecule has 0 radical (unpaired) electrons. The first-order chi connectivity index (χ1) is 13.7. The van der Waals surface area contributed by atoms with Gasteiger partial charge in [0, 0.05) is 39.0 Å². The van der Waals surface area contributed by atoms with E-state index in [1.165, 1.54) is 0 Å². The lowest BCUT2D eigenvalue weighted by Crippen LogP contribution is -2.33. The first kappa shape index (κ1) is 20.1. The van der Waals surface area contributed by atoms with Crippen molar-refractivity contribution in [3.05, 3.63) is 47.5 Å². The van der Waals surface area contributed by atoms with Gasteiger partial charge in [0.2, 0.25) is 5.82 Å². The van der Waals surface area contributed by atoms with E-state index in [9.17, 15) is 9.59 Å². The van der Waals surface area contributed by atoms with Crippen LogP contribution in [-0.2, 0) is 17.7 Å². The van der Waals surface area contributed by atoms with Crippen molar-refractivity contribution in [2.75, 3.05) is 31.7 Å². The Morgan fingerprint density at radius 3 is 2.75 bits per heavy atom. The molecule has 2 amide bonds. The Kier molecular flexibility index (Phi) is 6.81. The van der Waals surface area contributed by atoms with E-state index < -0.39 is 0 Å². The van der Waals surface area contributed by atoms with Gasteiger partial charge < -0.3 is 19.5 Å². The van der Waals surface area contributed by atoms with Gasteiger partial charge in [0.1, 0.15) is 5.69 Å². The van der Waals surface area contributed by atoms with Gasteiger partial charge in [0.25, 0.3) is 11.8 Å². The molecule has 0 unspecified atom stereocenters. The van der Waals surface area contributed by atoms with Crippen molar-refractivity contribution in [2.45, 2.75) is 39.2 Å². The Hall–Kier alpha value is -2.67. The third-order valence-electron chi connectivity index (χ3n) is 4.96. The fourth-order valence-corrected chi connectivity index (χ4v) is 3.56. The van der Waals surface area contributed by atoms with Crippen LogP contribution in [0.25, 0.3) is 0 Å². The average Bonchev–Trinajstić information content (AvgIpc) is 3.12. The first-order valence-electron chi connectivity index (χ1n) is 9.90. The number of nitrogens with zero attached hydrogens (tertiary/aromatic N) is 3. The summed E-state index contributed by atoms with van der Waals surface area (Å²) >= 11 is 0. The summed E-state index contributed by atoms with van der Waals surface area (Å²) in [5, 5.41) is 2.89. The topological polar surface area (TPSA) is 76.5 Å². The molecule has 0 spiro atoms. The maximum atomic E-state index is 13.3. The lowest BCUT2D eigenvalue weighted by Gasteiger charge is -2.22. The molecule has 1 aromatic heterocycles. The van der Waals surface area contributed by atoms with Crippen LogP contribution in [0.4, 0.5) is 5.69 Å². The Morgan fingerprint density at radius 1 is 1.25 bits per heavy atom. The Bertz CT molecular complexity index is 817. The van der Waals surface area contributed by atoms with Gasteiger partial charge in [0.15, 0.2) is 0 Å². The summed E-state index contributed by atoms with van der Waals surface area (Å²) in [6, 6.07) is 9.55. The minimum absolute atomic E-state index is 0.171. The Morgan fingerprint density at radius 2 is 2.04 bits per heavy atom. The van der Waals surface area contributed by atoms with Gasteiger partial charge in [-0.3, -0.25) is 9.59 Å². The minimum atomic E-state index is -0.219. The molecule has 150 valence electrons. The number of carbonyl (C=O) groups excluding carboxylic acids is 2. The molecular formula is C21H28N4O3. The molecule has 0 saturated carbocycles. The number of carbonyl (C=O) groups is 2. The molecule has 1 N–H and O–H groups in total. The van der Waals surface area contributed by atoms with Crippen LogP contribution >= 0.6 is 0 Å². The number of ether oxygens (including phenoxy) is 1. The summed E-state index contributed by atoms with van der Waals surface area (Å²) in [6.07, 6.45) is 3.48. The predicted molar refractivity (Wildman–Crippen MR) is 108 cm³/mol. The monoisotopic (exact) mass is 384 g/mol. The maximum absolute atomic E-state index is 13.3. The highest BCUT2D eigenvalue weighted by atomic mass is 16.5. The number of hydrogen-bond donors (Lipinski definition) is 1. The number of aromatic nitrogens is 2. The molecule has 0 bridgehead atoms. The number of amides is 2. The van der Waals surface area contributed by atoms with Gasteiger partial charge in [-0.1, -0.05) is 18.2 Å². The Labute approximate surface area is 165 Å². The Balaban J connectivity index is 1.88. The third-order valence-corrected chi connectivity index (χ3v) is 4.96. The number of fused-ring (bicyclic) bond motifs is 1. The normalized spacial score (nSPS) is 13.1. The zero-order chi connectivity index (χ0) is 19.9. The third kappa shape index (κ3) is 4.25. The van der Waals surface area contributed by atoms with Crippen molar-refractivity contribution in [3.8, 4) is 0 Å². The zero-order valence-electron chi connectivity index (χ0n) is 16.6. The van der Waals surface area contributed by atoms with Crippen molar-refractivity contribution in [2.24, 2.45) is 0 Å². The van der Waals surface area contributed by atoms with Crippen molar-refractivity contribution in [1.82, 2.24) is 14.9 Å². The molecule has 2 heterocycles. The molecule has 1 aliphatic rings. The van der Waals surface area contributed by atoms with Crippen LogP contribution in [0.15, 0.2) is 30.3 Å². The van der Waals surface area contributed by atoms with Gasteiger partial charge in [-0.15, -0.1) is 0 Å². The second-order valence-corrected chi connectivity index (χ2v) is 6.83. The number of nitrogens with one attached hydrogen (secondary N) is 1. The molecule has 2 aromatic rings. The fourth-order valence-electron chi connectivity index (χ4n) is 3.56. The molecule has 3 rings (SSSR count). The lowest BCUT2D eigenvalue weighted by molar-refractivity contribution is 0.0942. The number of rotatable bonds is 8. The van der Waals surface area contributed by atoms with Crippen molar-refractivity contribution >= 4 is 17.5 Å². The number of benzene rings is 1. The smallest absolute Gasteiger partial charge is 0.294 e. The van der Waals surface area contributed by atoms with Crippen LogP contribution in [-0.4, -0.2) is 48.2 Å². The molecule has 0 aliphatic carbocycles. The molecule has 0 saturated heterocycles. The van der Waals surface area contributed by atoms with Crippen molar-refractivity contribution in [3.63, 3.8) is 0 Å². The number of imidazole rings is 1. The first-order valence-corrected chi connectivity index (χ1v) is 9.90. The summed E-state index contributed by atoms with van der Waals surface area (Å²) in [6.45, 7) is 4.30. The molecule has 0 atom stereocenters. The van der Waals surface area contributed by atoms with Crippen LogP contribution in [0.3, 0.4) is 0 Å². The zero-order valence-corrected chi connectivity index (χ0v) is 16.6. The predicted octanol–water partition coefficient (Wildman–Crippen LogP) is 2.65. The van der Waals surface area contributed by atoms with Crippen LogP contribution in [0, 0.1) is 0 Å². The van der Waals surface area contributed by atoms with Crippen molar-refractivity contribution < 1.29 is 14.3 Å². The van der Waals surface area contributed by atoms with Gasteiger partial charge in [0.05, 0.1) is 5.69 Å². The molecule has 0 fully saturated rings. The highest BCUT2D eigenvalue weighted by molar-refractivity contribution is 6.05. The summed E-state index contributed by atoms with van der Waals surface area (Å²) in [4.78, 5) is 32.2. The summed E-state index contributed by atoms with van der Waals surface area (Å²) < 4.78 is 6.95. The molecule has 1 aliphatic heterocycles. The highest BCUT2D eigenvalue weighted by Gasteiger charge is 2.29. The summed E-state index contributed by atoms with van der Waals surface area (Å²) in [5.74, 6) is -0.0405. The van der Waals surface area contributed by atoms with Crippen molar-refractivity contribution in [1.29, 1.82) is 0 Å². The second kappa shape index (κ2) is 9.50. The maximum Gasteiger partial charge on any atom is 0.294 e. The van der Waals surface area contributed by atoms with E-state index in [0.717, 1.165) is 37.1 Å². The quantitative estimate of drug-likeness (QED) is 0.710. The van der Waals surface area contributed by atoms with Crippen LogP contribution in [0.2, 0.25) is 0 Å². The SMILES string of the molecule is CCN(C(=O)c1nc(C(=O)NCCCOC)c2n1CCCC2)c1ccccc1. The fraction of sp³-hybridized carbons (Fsp3) is 0.476. The largest absolute Gasteiger partial charge is 0.385 e. The summed E-state index contributed by atoms with van der Waals surface area (Å²) in [7, 11) is 1.64. The molecule has 7 heteroatoms. The van der Waals surface area contributed by atoms with E-state index in [4.69, 9.17) is 4.74 Å². The lowest BCUT2D eigenvalue weighted by atomic mass is 10.1.